The van der Waals surface area contributed by atoms with Crippen LogP contribution in [0, 0.1) is 5.82 Å². The summed E-state index contributed by atoms with van der Waals surface area (Å²) in [4.78, 5) is 24.0. The van der Waals surface area contributed by atoms with Gasteiger partial charge in [-0.05, 0) is 54.1 Å². The largest absolute Gasteiger partial charge is 0.493 e. The molecule has 6 nitrogen and oxygen atoms in total. The number of benzene rings is 3. The fraction of sp³-hybridized carbons (Fsp3) is 0.130. The lowest BCUT2D eigenvalue weighted by molar-refractivity contribution is 0.0600. The Bertz CT molecular complexity index is 1110. The molecule has 0 saturated carbocycles. The molecule has 1 heterocycles. The van der Waals surface area contributed by atoms with Gasteiger partial charge in [0, 0.05) is 6.42 Å². The van der Waals surface area contributed by atoms with E-state index >= 15 is 0 Å². The van der Waals surface area contributed by atoms with Crippen molar-refractivity contribution in [1.82, 2.24) is 0 Å². The molecule has 0 fully saturated rings. The minimum absolute atomic E-state index is 0.138. The van der Waals surface area contributed by atoms with Gasteiger partial charge in [-0.15, -0.1) is 0 Å². The van der Waals surface area contributed by atoms with E-state index in [9.17, 15) is 14.0 Å². The molecule has 152 valence electrons. The van der Waals surface area contributed by atoms with E-state index in [1.54, 1.807) is 30.3 Å². The molecule has 30 heavy (non-hydrogen) atoms. The van der Waals surface area contributed by atoms with E-state index in [0.717, 1.165) is 11.6 Å². The second-order valence-electron chi connectivity index (χ2n) is 6.60. The van der Waals surface area contributed by atoms with Gasteiger partial charge in [-0.3, -0.25) is 4.79 Å². The van der Waals surface area contributed by atoms with E-state index in [1.807, 2.05) is 12.1 Å². The second kappa shape index (κ2) is 8.24. The molecule has 3 aromatic carbocycles. The van der Waals surface area contributed by atoms with Crippen LogP contribution < -0.4 is 14.8 Å². The van der Waals surface area contributed by atoms with Gasteiger partial charge in [0.1, 0.15) is 17.3 Å². The minimum atomic E-state index is -0.509. The van der Waals surface area contributed by atoms with Crippen molar-refractivity contribution in [3.05, 3.63) is 83.2 Å². The van der Waals surface area contributed by atoms with Gasteiger partial charge < -0.3 is 19.5 Å². The van der Waals surface area contributed by atoms with Crippen molar-refractivity contribution in [1.29, 1.82) is 0 Å². The second-order valence-corrected chi connectivity index (χ2v) is 6.60. The van der Waals surface area contributed by atoms with Crippen molar-refractivity contribution in [3.63, 3.8) is 0 Å². The van der Waals surface area contributed by atoms with Crippen molar-refractivity contribution in [3.8, 4) is 17.2 Å². The number of hydrogen-bond donors (Lipinski definition) is 1. The van der Waals surface area contributed by atoms with E-state index in [0.29, 0.717) is 41.5 Å². The van der Waals surface area contributed by atoms with Crippen LogP contribution in [0.3, 0.4) is 0 Å². The van der Waals surface area contributed by atoms with E-state index in [2.05, 4.69) is 10.1 Å². The Labute approximate surface area is 172 Å². The Kier molecular flexibility index (Phi) is 5.34. The summed E-state index contributed by atoms with van der Waals surface area (Å²) in [6.45, 7) is 0.339. The van der Waals surface area contributed by atoms with Crippen LogP contribution in [-0.4, -0.2) is 25.6 Å². The molecule has 0 radical (unpaired) electrons. The number of anilines is 1. The molecule has 0 unspecified atom stereocenters. The first kappa shape index (κ1) is 19.4. The zero-order chi connectivity index (χ0) is 21.1. The smallest absolute Gasteiger partial charge is 0.337 e. The third-order valence-electron chi connectivity index (χ3n) is 4.67. The van der Waals surface area contributed by atoms with Crippen LogP contribution >= 0.6 is 0 Å². The summed E-state index contributed by atoms with van der Waals surface area (Å²) in [5.74, 6) is 0.0266. The van der Waals surface area contributed by atoms with Crippen molar-refractivity contribution < 1.29 is 28.2 Å². The Morgan fingerprint density at radius 2 is 1.87 bits per heavy atom. The summed E-state index contributed by atoms with van der Waals surface area (Å²) in [6.07, 6.45) is 0.496. The monoisotopic (exact) mass is 407 g/mol. The summed E-state index contributed by atoms with van der Waals surface area (Å²) in [7, 11) is 1.33. The number of ether oxygens (including phenoxy) is 3. The quantitative estimate of drug-likeness (QED) is 0.626. The van der Waals surface area contributed by atoms with Crippen LogP contribution in [0.1, 0.15) is 26.3 Å². The zero-order valence-corrected chi connectivity index (χ0v) is 16.1. The number of nitrogens with one attached hydrogen (secondary N) is 1. The van der Waals surface area contributed by atoms with Gasteiger partial charge in [-0.25, -0.2) is 9.18 Å². The van der Waals surface area contributed by atoms with E-state index in [-0.39, 0.29) is 5.56 Å². The summed E-state index contributed by atoms with van der Waals surface area (Å²) < 4.78 is 29.8. The van der Waals surface area contributed by atoms with Gasteiger partial charge in [0.25, 0.3) is 5.91 Å². The van der Waals surface area contributed by atoms with Gasteiger partial charge in [0.15, 0.2) is 5.75 Å². The van der Waals surface area contributed by atoms with Crippen LogP contribution in [0.2, 0.25) is 0 Å². The molecule has 7 heteroatoms. The number of carbonyl (C=O) groups excluding carboxylic acids is 2. The lowest BCUT2D eigenvalue weighted by Gasteiger charge is -2.13. The summed E-state index contributed by atoms with van der Waals surface area (Å²) in [5.41, 5.74) is 1.93. The van der Waals surface area contributed by atoms with Gasteiger partial charge >= 0.3 is 5.97 Å². The van der Waals surface area contributed by atoms with Crippen molar-refractivity contribution in [2.45, 2.75) is 6.42 Å². The number of hydrogen-bond acceptors (Lipinski definition) is 5. The number of esters is 1. The first-order valence-electron chi connectivity index (χ1n) is 9.27. The summed E-state index contributed by atoms with van der Waals surface area (Å²) in [6, 6.07) is 15.9. The third kappa shape index (κ3) is 3.96. The van der Waals surface area contributed by atoms with Crippen LogP contribution in [0.4, 0.5) is 10.1 Å². The summed E-state index contributed by atoms with van der Waals surface area (Å²) >= 11 is 0. The fourth-order valence-electron chi connectivity index (χ4n) is 3.16. The topological polar surface area (TPSA) is 73.9 Å². The predicted octanol–water partition coefficient (Wildman–Crippen LogP) is 4.59. The van der Waals surface area contributed by atoms with Crippen LogP contribution in [0.15, 0.2) is 60.7 Å². The molecule has 0 bridgehead atoms. The Morgan fingerprint density at radius 3 is 2.63 bits per heavy atom. The van der Waals surface area contributed by atoms with Crippen molar-refractivity contribution in [2.75, 3.05) is 19.0 Å². The molecule has 0 aliphatic carbocycles. The number of amides is 1. The van der Waals surface area contributed by atoms with Crippen molar-refractivity contribution >= 4 is 17.6 Å². The molecule has 3 aromatic rings. The van der Waals surface area contributed by atoms with E-state index in [4.69, 9.17) is 9.47 Å². The number of carbonyl (C=O) groups is 2. The molecule has 1 amide bonds. The maximum atomic E-state index is 13.5. The third-order valence-corrected chi connectivity index (χ3v) is 4.67. The minimum Gasteiger partial charge on any atom is -0.493 e. The van der Waals surface area contributed by atoms with E-state index < -0.39 is 17.7 Å². The Balaban J connectivity index is 1.48. The lowest BCUT2D eigenvalue weighted by Crippen LogP contribution is -2.13. The predicted molar refractivity (Wildman–Crippen MR) is 108 cm³/mol. The highest BCUT2D eigenvalue weighted by molar-refractivity contribution is 6.08. The first-order chi connectivity index (χ1) is 14.5. The number of rotatable bonds is 5. The van der Waals surface area contributed by atoms with Gasteiger partial charge in [-0.1, -0.05) is 12.1 Å². The number of halogens is 1. The standard InChI is InChI=1S/C23H18FNO5/c1-28-23(27)15-5-8-17(9-6-15)29-12-11-14-3-2-4-20-21(14)25-22(26)18-13-16(24)7-10-19(18)30-20/h2-10,13H,11-12H2,1H3,(H,25,26). The average molecular weight is 407 g/mol. The average Bonchev–Trinajstić information content (AvgIpc) is 2.90. The van der Waals surface area contributed by atoms with Gasteiger partial charge in [0.2, 0.25) is 0 Å². The number of methoxy groups -OCH3 is 1. The Hall–Kier alpha value is -3.87. The first-order valence-corrected chi connectivity index (χ1v) is 9.27. The molecule has 1 aliphatic rings. The normalized spacial score (nSPS) is 12.0. The lowest BCUT2D eigenvalue weighted by atomic mass is 10.1. The molecule has 0 spiro atoms. The maximum Gasteiger partial charge on any atom is 0.337 e. The maximum absolute atomic E-state index is 13.5. The molecular weight excluding hydrogens is 389 g/mol. The molecule has 1 N–H and O–H groups in total. The Morgan fingerprint density at radius 1 is 1.07 bits per heavy atom. The van der Waals surface area contributed by atoms with E-state index in [1.165, 1.54) is 19.2 Å². The molecule has 0 aromatic heterocycles. The highest BCUT2D eigenvalue weighted by Gasteiger charge is 2.23. The van der Waals surface area contributed by atoms with Crippen LogP contribution in [0.25, 0.3) is 0 Å². The molecule has 4 rings (SSSR count). The molecule has 0 saturated heterocycles. The van der Waals surface area contributed by atoms with Gasteiger partial charge in [-0.2, -0.15) is 0 Å². The highest BCUT2D eigenvalue weighted by atomic mass is 19.1. The highest BCUT2D eigenvalue weighted by Crippen LogP contribution is 2.38. The fourth-order valence-corrected chi connectivity index (χ4v) is 3.16. The van der Waals surface area contributed by atoms with Crippen LogP contribution in [-0.2, 0) is 11.2 Å². The van der Waals surface area contributed by atoms with Crippen molar-refractivity contribution in [2.24, 2.45) is 0 Å². The number of fused-ring (bicyclic) bond motifs is 2. The molecule has 1 aliphatic heterocycles. The SMILES string of the molecule is COC(=O)c1ccc(OCCc2cccc3c2NC(=O)c2cc(F)ccc2O3)cc1. The number of para-hydroxylation sites is 1. The molecule has 0 atom stereocenters. The summed E-state index contributed by atoms with van der Waals surface area (Å²) in [5, 5.41) is 2.81. The van der Waals surface area contributed by atoms with Crippen LogP contribution in [0.5, 0.6) is 17.2 Å². The van der Waals surface area contributed by atoms with Gasteiger partial charge in [0.05, 0.1) is 30.5 Å². The molecular formula is C23H18FNO5. The zero-order valence-electron chi connectivity index (χ0n) is 16.1.